The third-order valence-electron chi connectivity index (χ3n) is 10.2. The van der Waals surface area contributed by atoms with Crippen LogP contribution < -0.4 is 0 Å². The molecule has 246 valence electrons. The van der Waals surface area contributed by atoms with Gasteiger partial charge in [0.05, 0.1) is 36.0 Å². The van der Waals surface area contributed by atoms with E-state index in [4.69, 9.17) is 0 Å². The normalized spacial score (nSPS) is 22.2. The number of urea groups is 2. The third kappa shape index (κ3) is 6.10. The van der Waals surface area contributed by atoms with Gasteiger partial charge in [-0.25, -0.2) is 9.59 Å². The zero-order valence-electron chi connectivity index (χ0n) is 27.8. The van der Waals surface area contributed by atoms with Crippen molar-refractivity contribution in [2.24, 2.45) is 11.8 Å². The Morgan fingerprint density at radius 3 is 1.12 bits per heavy atom. The molecule has 8 nitrogen and oxygen atoms in total. The number of hydrogen-bond donors (Lipinski definition) is 0. The van der Waals surface area contributed by atoms with Crippen molar-refractivity contribution in [3.05, 3.63) is 144 Å². The number of amides is 6. The summed E-state index contributed by atoms with van der Waals surface area (Å²) in [5.41, 5.74) is 3.41. The highest BCUT2D eigenvalue weighted by molar-refractivity contribution is 6.03. The highest BCUT2D eigenvalue weighted by Crippen LogP contribution is 2.41. The van der Waals surface area contributed by atoms with Crippen molar-refractivity contribution in [1.29, 1.82) is 0 Å². The molecule has 6 atom stereocenters. The number of carbonyl (C=O) groups is 4. The van der Waals surface area contributed by atoms with Crippen LogP contribution in [-0.4, -0.2) is 69.7 Å². The first kappa shape index (κ1) is 32.7. The largest absolute Gasteiger partial charge is 0.327 e. The summed E-state index contributed by atoms with van der Waals surface area (Å²) in [4.78, 5) is 64.1. The molecule has 0 unspecified atom stereocenters. The van der Waals surface area contributed by atoms with Gasteiger partial charge >= 0.3 is 12.1 Å². The molecule has 2 heterocycles. The van der Waals surface area contributed by atoms with E-state index in [1.54, 1.807) is 23.9 Å². The minimum absolute atomic E-state index is 0.218. The summed E-state index contributed by atoms with van der Waals surface area (Å²) in [5, 5.41) is 0. The maximum atomic E-state index is 15.2. The van der Waals surface area contributed by atoms with E-state index in [9.17, 15) is 9.59 Å². The molecule has 2 aliphatic heterocycles. The predicted molar refractivity (Wildman–Crippen MR) is 185 cm³/mol. The highest BCUT2D eigenvalue weighted by Gasteiger charge is 2.52. The molecule has 0 aliphatic carbocycles. The molecular formula is C40H42N4O4. The Bertz CT molecular complexity index is 1620. The minimum Gasteiger partial charge on any atom is -0.322 e. The van der Waals surface area contributed by atoms with Gasteiger partial charge in [0.1, 0.15) is 0 Å². The summed E-state index contributed by atoms with van der Waals surface area (Å²) in [5.74, 6) is -2.74. The van der Waals surface area contributed by atoms with Crippen LogP contribution in [0.5, 0.6) is 0 Å². The summed E-state index contributed by atoms with van der Waals surface area (Å²) in [6.45, 7) is 3.87. The van der Waals surface area contributed by atoms with Gasteiger partial charge in [-0.3, -0.25) is 19.4 Å². The molecule has 48 heavy (non-hydrogen) atoms. The van der Waals surface area contributed by atoms with Crippen molar-refractivity contribution in [3.8, 4) is 0 Å². The Morgan fingerprint density at radius 2 is 0.812 bits per heavy atom. The molecule has 0 aromatic heterocycles. The van der Waals surface area contributed by atoms with Crippen LogP contribution in [0.25, 0.3) is 0 Å². The Morgan fingerprint density at radius 1 is 0.521 bits per heavy atom. The number of hydrogen-bond acceptors (Lipinski definition) is 4. The number of carbonyl (C=O) groups excluding carboxylic acids is 4. The standard InChI is InChI=1S/C40H42N4O4/c1-27-35(31-21-13-7-14-22-31)43(39(47)41(27)3)37(45)33(25-29-17-9-5-10-18-29)34(26-30-19-11-6-12-20-30)38(46)44-36(28(2)42(4)40(44)48)32-23-15-8-16-24-32/h5-24,27-28,33-36H,25-26H2,1-4H3/t27-,28-,33-,34+,35-,36-/m1/s1. The number of rotatable bonds is 9. The van der Waals surface area contributed by atoms with Crippen LogP contribution in [-0.2, 0) is 22.4 Å². The van der Waals surface area contributed by atoms with E-state index in [2.05, 4.69) is 0 Å². The van der Waals surface area contributed by atoms with Crippen LogP contribution in [0.1, 0.15) is 48.2 Å². The molecule has 0 saturated carbocycles. The van der Waals surface area contributed by atoms with Gasteiger partial charge in [0.15, 0.2) is 0 Å². The molecule has 0 radical (unpaired) electrons. The lowest BCUT2D eigenvalue weighted by Gasteiger charge is -2.34. The Balaban J connectivity index is 1.49. The molecule has 0 N–H and O–H groups in total. The average Bonchev–Trinajstić information content (AvgIpc) is 3.49. The van der Waals surface area contributed by atoms with E-state index in [0.29, 0.717) is 0 Å². The maximum absolute atomic E-state index is 15.2. The quantitative estimate of drug-likeness (QED) is 0.202. The lowest BCUT2D eigenvalue weighted by molar-refractivity contribution is -0.144. The van der Waals surface area contributed by atoms with Crippen LogP contribution in [0, 0.1) is 11.8 Å². The fourth-order valence-electron chi connectivity index (χ4n) is 7.30. The average molecular weight is 643 g/mol. The smallest absolute Gasteiger partial charge is 0.322 e. The molecule has 2 aliphatic rings. The molecule has 8 heteroatoms. The van der Waals surface area contributed by atoms with Gasteiger partial charge in [0, 0.05) is 14.1 Å². The van der Waals surface area contributed by atoms with E-state index in [1.165, 1.54) is 9.80 Å². The van der Waals surface area contributed by atoms with Crippen LogP contribution in [0.2, 0.25) is 0 Å². The van der Waals surface area contributed by atoms with Crippen LogP contribution >= 0.6 is 0 Å². The molecule has 6 rings (SSSR count). The van der Waals surface area contributed by atoms with E-state index in [1.807, 2.05) is 135 Å². The lowest BCUT2D eigenvalue weighted by Crippen LogP contribution is -2.49. The molecule has 0 bridgehead atoms. The number of imide groups is 2. The summed E-state index contributed by atoms with van der Waals surface area (Å²) < 4.78 is 0. The minimum atomic E-state index is -0.945. The van der Waals surface area contributed by atoms with Gasteiger partial charge in [0.25, 0.3) is 0 Å². The fourth-order valence-corrected chi connectivity index (χ4v) is 7.30. The summed E-state index contributed by atoms with van der Waals surface area (Å²) in [6.07, 6.45) is 0.436. The van der Waals surface area contributed by atoms with Crippen molar-refractivity contribution in [2.75, 3.05) is 14.1 Å². The summed E-state index contributed by atoms with van der Waals surface area (Å²) in [7, 11) is 3.42. The maximum Gasteiger partial charge on any atom is 0.327 e. The summed E-state index contributed by atoms with van der Waals surface area (Å²) in [6, 6.07) is 35.8. The first-order chi connectivity index (χ1) is 23.2. The van der Waals surface area contributed by atoms with Gasteiger partial charge in [-0.1, -0.05) is 121 Å². The van der Waals surface area contributed by atoms with Gasteiger partial charge in [-0.2, -0.15) is 0 Å². The highest BCUT2D eigenvalue weighted by atomic mass is 16.2. The van der Waals surface area contributed by atoms with Crippen LogP contribution in [0.15, 0.2) is 121 Å². The third-order valence-corrected chi connectivity index (χ3v) is 10.2. The van der Waals surface area contributed by atoms with Crippen molar-refractivity contribution in [1.82, 2.24) is 19.6 Å². The second-order valence-corrected chi connectivity index (χ2v) is 13.0. The predicted octanol–water partition coefficient (Wildman–Crippen LogP) is 6.75. The number of likely N-dealkylation sites (N-methyl/N-ethyl adjacent to an activating group) is 2. The number of benzene rings is 4. The van der Waals surface area contributed by atoms with Crippen molar-refractivity contribution in [2.45, 2.75) is 50.9 Å². The van der Waals surface area contributed by atoms with E-state index in [-0.39, 0.29) is 24.9 Å². The van der Waals surface area contributed by atoms with Crippen LogP contribution in [0.3, 0.4) is 0 Å². The lowest BCUT2D eigenvalue weighted by atomic mass is 9.80. The molecule has 2 saturated heterocycles. The van der Waals surface area contributed by atoms with Crippen molar-refractivity contribution in [3.63, 3.8) is 0 Å². The van der Waals surface area contributed by atoms with Crippen LogP contribution in [0.4, 0.5) is 9.59 Å². The Hall–Kier alpha value is -5.24. The summed E-state index contributed by atoms with van der Waals surface area (Å²) >= 11 is 0. The SMILES string of the molecule is C[C@@H]1[C@H](c2ccccc2)N(C(=O)[C@@H](Cc2ccccc2)[C@@H](Cc2ccccc2)C(=O)N2C(=O)N(C)[C@H](C)[C@@H]2c2ccccc2)C(=O)N1C. The van der Waals surface area contributed by atoms with E-state index >= 15 is 9.59 Å². The van der Waals surface area contributed by atoms with Gasteiger partial charge in [-0.05, 0) is 48.9 Å². The van der Waals surface area contributed by atoms with Gasteiger partial charge in [-0.15, -0.1) is 0 Å². The van der Waals surface area contributed by atoms with Crippen molar-refractivity contribution >= 4 is 23.9 Å². The zero-order valence-corrected chi connectivity index (χ0v) is 27.8. The second-order valence-electron chi connectivity index (χ2n) is 13.0. The van der Waals surface area contributed by atoms with E-state index in [0.717, 1.165) is 22.3 Å². The van der Waals surface area contributed by atoms with E-state index < -0.39 is 47.8 Å². The molecule has 4 aromatic carbocycles. The Kier molecular flexibility index (Phi) is 9.44. The Labute approximate surface area is 282 Å². The van der Waals surface area contributed by atoms with Gasteiger partial charge < -0.3 is 9.80 Å². The molecule has 0 spiro atoms. The molecular weight excluding hydrogens is 600 g/mol. The zero-order chi connectivity index (χ0) is 33.9. The van der Waals surface area contributed by atoms with Crippen molar-refractivity contribution < 1.29 is 19.2 Å². The first-order valence-corrected chi connectivity index (χ1v) is 16.6. The first-order valence-electron chi connectivity index (χ1n) is 16.6. The molecule has 2 fully saturated rings. The second kappa shape index (κ2) is 13.9. The monoisotopic (exact) mass is 642 g/mol. The molecule has 6 amide bonds. The number of nitrogens with zero attached hydrogens (tertiary/aromatic N) is 4. The fraction of sp³-hybridized carbons (Fsp3) is 0.300. The molecule has 4 aromatic rings. The topological polar surface area (TPSA) is 81.2 Å². The van der Waals surface area contributed by atoms with Gasteiger partial charge in [0.2, 0.25) is 11.8 Å².